The van der Waals surface area contributed by atoms with E-state index in [1.54, 1.807) is 4.68 Å². The normalized spacial score (nSPS) is 14.8. The van der Waals surface area contributed by atoms with Gasteiger partial charge in [-0.15, -0.1) is 5.10 Å². The number of benzene rings is 2. The van der Waals surface area contributed by atoms with E-state index < -0.39 is 0 Å². The molecule has 1 fully saturated rings. The van der Waals surface area contributed by atoms with Gasteiger partial charge in [-0.2, -0.15) is 0 Å². The zero-order valence-corrected chi connectivity index (χ0v) is 16.5. The van der Waals surface area contributed by atoms with Gasteiger partial charge in [0.2, 0.25) is 5.82 Å². The summed E-state index contributed by atoms with van der Waals surface area (Å²) in [6.07, 6.45) is 5.67. The number of rotatable bonds is 4. The van der Waals surface area contributed by atoms with Gasteiger partial charge in [0.15, 0.2) is 5.82 Å². The molecule has 1 heterocycles. The summed E-state index contributed by atoms with van der Waals surface area (Å²) in [4.78, 5) is 17.4. The molecule has 0 radical (unpaired) electrons. The SMILES string of the molecule is Cc1ccc(-n2nc(C(=O)NC3CCCCC3)nc2-c2cccc(C)c2)cc1. The molecule has 1 N–H and O–H groups in total. The van der Waals surface area contributed by atoms with Gasteiger partial charge in [0.25, 0.3) is 5.91 Å². The van der Waals surface area contributed by atoms with Crippen LogP contribution in [-0.4, -0.2) is 26.7 Å². The lowest BCUT2D eigenvalue weighted by atomic mass is 9.95. The van der Waals surface area contributed by atoms with Crippen molar-refractivity contribution in [2.75, 3.05) is 0 Å². The first-order valence-electron chi connectivity index (χ1n) is 10.0. The predicted octanol–water partition coefficient (Wildman–Crippen LogP) is 4.61. The van der Waals surface area contributed by atoms with Crippen LogP contribution in [-0.2, 0) is 0 Å². The lowest BCUT2D eigenvalue weighted by Crippen LogP contribution is -2.36. The highest BCUT2D eigenvalue weighted by Gasteiger charge is 2.22. The van der Waals surface area contributed by atoms with Gasteiger partial charge >= 0.3 is 0 Å². The van der Waals surface area contributed by atoms with E-state index in [4.69, 9.17) is 0 Å². The summed E-state index contributed by atoms with van der Waals surface area (Å²) in [7, 11) is 0. The molecule has 2 aromatic carbocycles. The molecule has 1 aliphatic rings. The topological polar surface area (TPSA) is 59.8 Å². The van der Waals surface area contributed by atoms with Crippen LogP contribution in [0.15, 0.2) is 48.5 Å². The number of nitrogens with zero attached hydrogens (tertiary/aromatic N) is 3. The second-order valence-electron chi connectivity index (χ2n) is 7.68. The van der Waals surface area contributed by atoms with E-state index in [0.29, 0.717) is 5.82 Å². The Hall–Kier alpha value is -2.95. The molecule has 144 valence electrons. The Morgan fingerprint density at radius 3 is 2.46 bits per heavy atom. The number of carbonyl (C=O) groups is 1. The number of amides is 1. The molecule has 1 saturated carbocycles. The van der Waals surface area contributed by atoms with Crippen LogP contribution in [0.4, 0.5) is 0 Å². The molecule has 0 aliphatic heterocycles. The van der Waals surface area contributed by atoms with Crippen molar-refractivity contribution in [2.45, 2.75) is 52.0 Å². The summed E-state index contributed by atoms with van der Waals surface area (Å²) < 4.78 is 1.77. The fourth-order valence-corrected chi connectivity index (χ4v) is 3.74. The maximum atomic E-state index is 12.8. The van der Waals surface area contributed by atoms with Gasteiger partial charge in [-0.05, 0) is 44.9 Å². The van der Waals surface area contributed by atoms with Crippen LogP contribution in [0.2, 0.25) is 0 Å². The van der Waals surface area contributed by atoms with Gasteiger partial charge in [0.1, 0.15) is 0 Å². The standard InChI is InChI=1S/C23H26N4O/c1-16-11-13-20(14-12-16)27-22(18-8-6-7-17(2)15-18)25-21(26-27)23(28)24-19-9-4-3-5-10-19/h6-8,11-15,19H,3-5,9-10H2,1-2H3,(H,24,28). The van der Waals surface area contributed by atoms with Crippen LogP contribution in [0.25, 0.3) is 17.1 Å². The molecule has 5 nitrogen and oxygen atoms in total. The zero-order valence-electron chi connectivity index (χ0n) is 16.5. The maximum absolute atomic E-state index is 12.8. The first kappa shape index (κ1) is 18.4. The maximum Gasteiger partial charge on any atom is 0.291 e. The number of aryl methyl sites for hydroxylation is 2. The fraction of sp³-hybridized carbons (Fsp3) is 0.348. The van der Waals surface area contributed by atoms with Crippen molar-refractivity contribution in [2.24, 2.45) is 0 Å². The van der Waals surface area contributed by atoms with E-state index in [-0.39, 0.29) is 17.8 Å². The van der Waals surface area contributed by atoms with E-state index in [1.807, 2.05) is 49.4 Å². The summed E-state index contributed by atoms with van der Waals surface area (Å²) >= 11 is 0. The Balaban J connectivity index is 1.71. The number of aromatic nitrogens is 3. The lowest BCUT2D eigenvalue weighted by Gasteiger charge is -2.21. The van der Waals surface area contributed by atoms with Crippen LogP contribution >= 0.6 is 0 Å². The van der Waals surface area contributed by atoms with E-state index in [1.165, 1.54) is 24.8 Å². The third-order valence-corrected chi connectivity index (χ3v) is 5.31. The Morgan fingerprint density at radius 1 is 1.00 bits per heavy atom. The summed E-state index contributed by atoms with van der Waals surface area (Å²) in [5.41, 5.74) is 4.16. The molecule has 1 amide bonds. The quantitative estimate of drug-likeness (QED) is 0.725. The summed E-state index contributed by atoms with van der Waals surface area (Å²) in [6.45, 7) is 4.10. The highest BCUT2D eigenvalue weighted by molar-refractivity contribution is 5.91. The Kier molecular flexibility index (Phi) is 5.24. The third kappa shape index (κ3) is 3.98. The molecule has 0 saturated heterocycles. The first-order valence-corrected chi connectivity index (χ1v) is 10.0. The molecule has 3 aromatic rings. The molecule has 0 spiro atoms. The molecular weight excluding hydrogens is 348 g/mol. The van der Waals surface area contributed by atoms with Gasteiger partial charge in [-0.1, -0.05) is 60.7 Å². The molecule has 0 bridgehead atoms. The number of hydrogen-bond donors (Lipinski definition) is 1. The third-order valence-electron chi connectivity index (χ3n) is 5.31. The molecule has 1 aromatic heterocycles. The molecule has 0 unspecified atom stereocenters. The fourth-order valence-electron chi connectivity index (χ4n) is 3.74. The van der Waals surface area contributed by atoms with Crippen LogP contribution in [0.3, 0.4) is 0 Å². The van der Waals surface area contributed by atoms with Gasteiger partial charge in [-0.3, -0.25) is 4.79 Å². The highest BCUT2D eigenvalue weighted by Crippen LogP contribution is 2.23. The minimum atomic E-state index is -0.188. The summed E-state index contributed by atoms with van der Waals surface area (Å²) in [6, 6.07) is 16.4. The molecular formula is C23H26N4O. The van der Waals surface area contributed by atoms with Crippen molar-refractivity contribution in [3.63, 3.8) is 0 Å². The van der Waals surface area contributed by atoms with Crippen molar-refractivity contribution in [3.05, 3.63) is 65.5 Å². The molecule has 28 heavy (non-hydrogen) atoms. The van der Waals surface area contributed by atoms with Crippen molar-refractivity contribution in [3.8, 4) is 17.1 Å². The second kappa shape index (κ2) is 7.97. The van der Waals surface area contributed by atoms with E-state index >= 15 is 0 Å². The number of carbonyl (C=O) groups excluding carboxylic acids is 1. The average Bonchev–Trinajstić information content (AvgIpc) is 3.15. The van der Waals surface area contributed by atoms with Crippen LogP contribution in [0.1, 0.15) is 53.8 Å². The van der Waals surface area contributed by atoms with Crippen molar-refractivity contribution >= 4 is 5.91 Å². The highest BCUT2D eigenvalue weighted by atomic mass is 16.2. The van der Waals surface area contributed by atoms with Crippen molar-refractivity contribution < 1.29 is 4.79 Å². The monoisotopic (exact) mass is 374 g/mol. The minimum Gasteiger partial charge on any atom is -0.347 e. The predicted molar refractivity (Wildman–Crippen MR) is 111 cm³/mol. The van der Waals surface area contributed by atoms with Crippen LogP contribution in [0.5, 0.6) is 0 Å². The lowest BCUT2D eigenvalue weighted by molar-refractivity contribution is 0.0917. The van der Waals surface area contributed by atoms with E-state index in [0.717, 1.165) is 29.7 Å². The Morgan fingerprint density at radius 2 is 1.75 bits per heavy atom. The van der Waals surface area contributed by atoms with Crippen molar-refractivity contribution in [1.29, 1.82) is 0 Å². The summed E-state index contributed by atoms with van der Waals surface area (Å²) in [5, 5.41) is 7.70. The Bertz CT molecular complexity index is 969. The smallest absolute Gasteiger partial charge is 0.291 e. The number of nitrogens with one attached hydrogen (secondary N) is 1. The zero-order chi connectivity index (χ0) is 19.5. The van der Waals surface area contributed by atoms with E-state index in [9.17, 15) is 4.79 Å². The van der Waals surface area contributed by atoms with Gasteiger partial charge in [0.05, 0.1) is 5.69 Å². The largest absolute Gasteiger partial charge is 0.347 e. The van der Waals surface area contributed by atoms with Gasteiger partial charge < -0.3 is 5.32 Å². The van der Waals surface area contributed by atoms with Crippen LogP contribution < -0.4 is 5.32 Å². The van der Waals surface area contributed by atoms with Gasteiger partial charge in [0, 0.05) is 11.6 Å². The van der Waals surface area contributed by atoms with E-state index in [2.05, 4.69) is 28.4 Å². The molecule has 0 atom stereocenters. The molecule has 5 heteroatoms. The van der Waals surface area contributed by atoms with Gasteiger partial charge in [-0.25, -0.2) is 9.67 Å². The molecule has 4 rings (SSSR count). The average molecular weight is 374 g/mol. The Labute approximate surface area is 165 Å². The first-order chi connectivity index (χ1) is 13.6. The minimum absolute atomic E-state index is 0.188. The van der Waals surface area contributed by atoms with Crippen molar-refractivity contribution in [1.82, 2.24) is 20.1 Å². The molecule has 1 aliphatic carbocycles. The number of hydrogen-bond acceptors (Lipinski definition) is 3. The van der Waals surface area contributed by atoms with Crippen LogP contribution in [0, 0.1) is 13.8 Å². The second-order valence-corrected chi connectivity index (χ2v) is 7.68. The summed E-state index contributed by atoms with van der Waals surface area (Å²) in [5.74, 6) is 0.718.